The lowest BCUT2D eigenvalue weighted by atomic mass is 10.3. The second kappa shape index (κ2) is 7.84. The van der Waals surface area contributed by atoms with Gasteiger partial charge in [-0.2, -0.15) is 0 Å². The summed E-state index contributed by atoms with van der Waals surface area (Å²) in [7, 11) is -3.53. The van der Waals surface area contributed by atoms with Crippen molar-refractivity contribution in [2.75, 3.05) is 0 Å². The Morgan fingerprint density at radius 1 is 1.21 bits per heavy atom. The molecule has 0 bridgehead atoms. The Morgan fingerprint density at radius 3 is 2.36 bits per heavy atom. The van der Waals surface area contributed by atoms with E-state index in [0.717, 1.165) is 25.7 Å². The number of allylic oxidation sites excluding steroid dienone is 2. The second-order valence-electron chi connectivity index (χ2n) is 3.00. The highest BCUT2D eigenvalue weighted by Crippen LogP contribution is 2.43. The molecule has 0 aromatic rings. The van der Waals surface area contributed by atoms with Crippen molar-refractivity contribution in [3.05, 3.63) is 24.2 Å². The first-order valence-corrected chi connectivity index (χ1v) is 6.60. The molecular formula is C10H19O3P. The van der Waals surface area contributed by atoms with E-state index in [9.17, 15) is 9.46 Å². The van der Waals surface area contributed by atoms with Crippen molar-refractivity contribution >= 4 is 7.60 Å². The van der Waals surface area contributed by atoms with Crippen molar-refractivity contribution in [1.82, 2.24) is 0 Å². The largest absolute Gasteiger partial charge is 0.430 e. The predicted octanol–water partition coefficient (Wildman–Crippen LogP) is 3.82. The standard InChI is InChI=1S/C10H19O3P/c1-3-5-7-9-13-14(11,12)10-8-6-4-2/h7-10H,3-6H2,1-2H3,(H,11,12). The summed E-state index contributed by atoms with van der Waals surface area (Å²) in [6.45, 7) is 4.04. The minimum Gasteiger partial charge on any atom is -0.430 e. The van der Waals surface area contributed by atoms with Crippen molar-refractivity contribution in [2.24, 2.45) is 0 Å². The lowest BCUT2D eigenvalue weighted by Crippen LogP contribution is -1.77. The molecule has 1 unspecified atom stereocenters. The van der Waals surface area contributed by atoms with Crippen molar-refractivity contribution < 1.29 is 14.0 Å². The third-order valence-electron chi connectivity index (χ3n) is 1.51. The molecule has 0 aliphatic rings. The smallest absolute Gasteiger partial charge is 0.400 e. The molecule has 82 valence electrons. The molecule has 1 N–H and O–H groups in total. The van der Waals surface area contributed by atoms with Gasteiger partial charge in [-0.3, -0.25) is 0 Å². The normalized spacial score (nSPS) is 16.2. The van der Waals surface area contributed by atoms with Crippen molar-refractivity contribution in [3.63, 3.8) is 0 Å². The molecule has 0 radical (unpaired) electrons. The van der Waals surface area contributed by atoms with Gasteiger partial charge in [-0.05, 0) is 18.9 Å². The molecule has 0 aromatic heterocycles. The predicted molar refractivity (Wildman–Crippen MR) is 59.0 cm³/mol. The topological polar surface area (TPSA) is 46.5 Å². The summed E-state index contributed by atoms with van der Waals surface area (Å²) in [6.07, 6.45) is 8.35. The van der Waals surface area contributed by atoms with Crippen LogP contribution in [0.4, 0.5) is 0 Å². The molecule has 0 fully saturated rings. The molecule has 0 saturated carbocycles. The van der Waals surface area contributed by atoms with E-state index in [1.807, 2.05) is 13.8 Å². The van der Waals surface area contributed by atoms with E-state index in [1.54, 1.807) is 12.2 Å². The molecular weight excluding hydrogens is 199 g/mol. The van der Waals surface area contributed by atoms with Crippen LogP contribution >= 0.6 is 7.60 Å². The molecule has 14 heavy (non-hydrogen) atoms. The molecule has 0 spiro atoms. The molecule has 0 amide bonds. The first kappa shape index (κ1) is 13.5. The average molecular weight is 218 g/mol. The van der Waals surface area contributed by atoms with Gasteiger partial charge < -0.3 is 9.42 Å². The van der Waals surface area contributed by atoms with E-state index >= 15 is 0 Å². The fraction of sp³-hybridized carbons (Fsp3) is 0.600. The van der Waals surface area contributed by atoms with E-state index < -0.39 is 7.60 Å². The molecule has 0 rings (SSSR count). The molecule has 0 aliphatic carbocycles. The van der Waals surface area contributed by atoms with Crippen molar-refractivity contribution in [2.45, 2.75) is 39.5 Å². The maximum absolute atomic E-state index is 11.2. The van der Waals surface area contributed by atoms with Crippen LogP contribution in [0.1, 0.15) is 39.5 Å². The van der Waals surface area contributed by atoms with Gasteiger partial charge >= 0.3 is 7.60 Å². The monoisotopic (exact) mass is 218 g/mol. The van der Waals surface area contributed by atoms with E-state index in [4.69, 9.17) is 4.52 Å². The van der Waals surface area contributed by atoms with Gasteiger partial charge in [0.2, 0.25) is 0 Å². The molecule has 4 heteroatoms. The summed E-state index contributed by atoms with van der Waals surface area (Å²) in [5.41, 5.74) is 0. The van der Waals surface area contributed by atoms with Crippen LogP contribution in [0, 0.1) is 0 Å². The quantitative estimate of drug-likeness (QED) is 0.522. The van der Waals surface area contributed by atoms with Gasteiger partial charge in [0.25, 0.3) is 0 Å². The zero-order valence-corrected chi connectivity index (χ0v) is 9.74. The lowest BCUT2D eigenvalue weighted by molar-refractivity contribution is 0.359. The minimum atomic E-state index is -3.53. The van der Waals surface area contributed by atoms with E-state index in [-0.39, 0.29) is 0 Å². The maximum Gasteiger partial charge on any atom is 0.400 e. The van der Waals surface area contributed by atoms with Crippen LogP contribution in [0.5, 0.6) is 0 Å². The van der Waals surface area contributed by atoms with Crippen LogP contribution in [0.15, 0.2) is 24.2 Å². The lowest BCUT2D eigenvalue weighted by Gasteiger charge is -2.04. The van der Waals surface area contributed by atoms with Gasteiger partial charge in [0.1, 0.15) is 0 Å². The van der Waals surface area contributed by atoms with Gasteiger partial charge in [-0.25, -0.2) is 4.57 Å². The van der Waals surface area contributed by atoms with E-state index in [1.165, 1.54) is 12.1 Å². The van der Waals surface area contributed by atoms with Crippen molar-refractivity contribution in [1.29, 1.82) is 0 Å². The summed E-state index contributed by atoms with van der Waals surface area (Å²) in [6, 6.07) is 0. The van der Waals surface area contributed by atoms with Crippen LogP contribution in [-0.2, 0) is 9.09 Å². The van der Waals surface area contributed by atoms with Crippen LogP contribution in [0.25, 0.3) is 0 Å². The van der Waals surface area contributed by atoms with Gasteiger partial charge in [-0.15, -0.1) is 0 Å². The zero-order chi connectivity index (χ0) is 10.9. The molecule has 3 nitrogen and oxygen atoms in total. The minimum absolute atomic E-state index is 0.798. The third kappa shape index (κ3) is 8.09. The first-order valence-electron chi connectivity index (χ1n) is 4.96. The fourth-order valence-electron chi connectivity index (χ4n) is 0.774. The van der Waals surface area contributed by atoms with E-state index in [0.29, 0.717) is 0 Å². The second-order valence-corrected chi connectivity index (χ2v) is 4.64. The number of hydrogen-bond donors (Lipinski definition) is 1. The van der Waals surface area contributed by atoms with Gasteiger partial charge in [-0.1, -0.05) is 32.8 Å². The van der Waals surface area contributed by atoms with Crippen molar-refractivity contribution in [3.8, 4) is 0 Å². The van der Waals surface area contributed by atoms with Crippen LogP contribution in [0.2, 0.25) is 0 Å². The Morgan fingerprint density at radius 2 is 1.79 bits per heavy atom. The number of hydrogen-bond acceptors (Lipinski definition) is 2. The zero-order valence-electron chi connectivity index (χ0n) is 8.85. The number of rotatable bonds is 7. The number of unbranched alkanes of at least 4 members (excludes halogenated alkanes) is 2. The summed E-state index contributed by atoms with van der Waals surface area (Å²) >= 11 is 0. The van der Waals surface area contributed by atoms with Crippen LogP contribution in [-0.4, -0.2) is 4.89 Å². The Kier molecular flexibility index (Phi) is 7.54. The Bertz CT molecular complexity index is 234. The Balaban J connectivity index is 3.88. The molecule has 0 aromatic carbocycles. The summed E-state index contributed by atoms with van der Waals surface area (Å²) in [5.74, 6) is 1.24. The molecule has 1 atom stereocenters. The van der Waals surface area contributed by atoms with Gasteiger partial charge in [0.05, 0.1) is 6.26 Å². The first-order chi connectivity index (χ1) is 6.62. The highest BCUT2D eigenvalue weighted by molar-refractivity contribution is 7.56. The van der Waals surface area contributed by atoms with E-state index in [2.05, 4.69) is 0 Å². The van der Waals surface area contributed by atoms with Crippen LogP contribution in [0.3, 0.4) is 0 Å². The summed E-state index contributed by atoms with van der Waals surface area (Å²) in [5, 5.41) is 0. The van der Waals surface area contributed by atoms with Crippen LogP contribution < -0.4 is 0 Å². The average Bonchev–Trinajstić information content (AvgIpc) is 2.13. The Labute approximate surface area is 86.0 Å². The molecule has 0 aliphatic heterocycles. The highest BCUT2D eigenvalue weighted by Gasteiger charge is 2.11. The highest BCUT2D eigenvalue weighted by atomic mass is 31.2. The SMILES string of the molecule is CCCC=COP(=O)(O)C=CCCC. The van der Waals surface area contributed by atoms with Gasteiger partial charge in [0.15, 0.2) is 0 Å². The fourth-order valence-corrected chi connectivity index (χ4v) is 1.52. The Hall–Kier alpha value is -0.530. The third-order valence-corrected chi connectivity index (χ3v) is 2.52. The maximum atomic E-state index is 11.2. The summed E-state index contributed by atoms with van der Waals surface area (Å²) in [4.78, 5) is 9.24. The van der Waals surface area contributed by atoms with Gasteiger partial charge in [0, 0.05) is 5.82 Å². The molecule has 0 saturated heterocycles. The molecule has 0 heterocycles. The summed E-state index contributed by atoms with van der Waals surface area (Å²) < 4.78 is 16.0.